The molecule has 6 rings (SSSR count). The van der Waals surface area contributed by atoms with Crippen LogP contribution in [0.5, 0.6) is 0 Å². The molecule has 29 heavy (non-hydrogen) atoms. The Kier molecular flexibility index (Phi) is 3.87. The Morgan fingerprint density at radius 2 is 1.66 bits per heavy atom. The predicted octanol–water partition coefficient (Wildman–Crippen LogP) is 4.15. The average molecular weight is 385 g/mol. The number of benzene rings is 2. The number of hydrogen-bond donors (Lipinski definition) is 1. The second kappa shape index (κ2) is 6.48. The summed E-state index contributed by atoms with van der Waals surface area (Å²) in [6.07, 6.45) is 2.29. The van der Waals surface area contributed by atoms with Gasteiger partial charge in [0.05, 0.1) is 0 Å². The lowest BCUT2D eigenvalue weighted by Gasteiger charge is -2.24. The minimum absolute atomic E-state index is 0.944. The van der Waals surface area contributed by atoms with Crippen molar-refractivity contribution in [3.63, 3.8) is 0 Å². The minimum atomic E-state index is 0.944. The Morgan fingerprint density at radius 1 is 0.862 bits per heavy atom. The summed E-state index contributed by atoms with van der Waals surface area (Å²) in [5, 5.41) is 2.87. The molecule has 0 aliphatic carbocycles. The van der Waals surface area contributed by atoms with E-state index >= 15 is 0 Å². The van der Waals surface area contributed by atoms with Crippen molar-refractivity contribution in [2.75, 3.05) is 27.2 Å². The Labute approximate surface area is 171 Å². The molecule has 0 fully saturated rings. The first kappa shape index (κ1) is 17.3. The van der Waals surface area contributed by atoms with Crippen LogP contribution in [0.25, 0.3) is 21.8 Å². The first-order valence-corrected chi connectivity index (χ1v) is 10.8. The number of nitrogens with one attached hydrogen (secondary N) is 1. The number of hydrogen-bond acceptors (Lipinski definition) is 2. The molecule has 0 spiro atoms. The molecule has 0 radical (unpaired) electrons. The molecule has 0 amide bonds. The Balaban J connectivity index is 1.46. The Bertz CT molecular complexity index is 1230. The van der Waals surface area contributed by atoms with Crippen LogP contribution in [0, 0.1) is 0 Å². The molecule has 1 N–H and O–H groups in total. The van der Waals surface area contributed by atoms with Crippen LogP contribution in [0.2, 0.25) is 0 Å². The molecule has 4 nitrogen and oxygen atoms in total. The monoisotopic (exact) mass is 384 g/mol. The fraction of sp³-hybridized carbons (Fsp3) is 0.360. The maximum absolute atomic E-state index is 3.66. The molecule has 2 aliphatic heterocycles. The van der Waals surface area contributed by atoms with Crippen LogP contribution in [0.15, 0.2) is 42.5 Å². The smallest absolute Gasteiger partial charge is 0.0488 e. The van der Waals surface area contributed by atoms with Gasteiger partial charge in [0.25, 0.3) is 0 Å². The maximum atomic E-state index is 3.66. The van der Waals surface area contributed by atoms with Crippen LogP contribution in [0.3, 0.4) is 0 Å². The third kappa shape index (κ3) is 2.74. The summed E-state index contributed by atoms with van der Waals surface area (Å²) in [6.45, 7) is 5.31. The second-order valence-corrected chi connectivity index (χ2v) is 8.97. The SMILES string of the molecule is CN1CCc2c([nH]c3ccc(Cn4c5c(c6ccccc64)CCN(C)C5)cc23)C1. The molecule has 4 aromatic rings. The van der Waals surface area contributed by atoms with E-state index in [0.717, 1.165) is 45.6 Å². The van der Waals surface area contributed by atoms with E-state index in [1.54, 1.807) is 5.56 Å². The van der Waals surface area contributed by atoms with Gasteiger partial charge in [0.1, 0.15) is 0 Å². The highest BCUT2D eigenvalue weighted by Crippen LogP contribution is 2.32. The van der Waals surface area contributed by atoms with Crippen molar-refractivity contribution in [2.45, 2.75) is 32.5 Å². The zero-order chi connectivity index (χ0) is 19.5. The van der Waals surface area contributed by atoms with Gasteiger partial charge in [-0.2, -0.15) is 0 Å². The van der Waals surface area contributed by atoms with Crippen molar-refractivity contribution in [3.05, 3.63) is 70.5 Å². The fourth-order valence-electron chi connectivity index (χ4n) is 5.41. The largest absolute Gasteiger partial charge is 0.357 e. The molecule has 0 saturated heterocycles. The summed E-state index contributed by atoms with van der Waals surface area (Å²) in [6, 6.07) is 16.0. The van der Waals surface area contributed by atoms with Crippen LogP contribution in [-0.2, 0) is 32.5 Å². The highest BCUT2D eigenvalue weighted by Gasteiger charge is 2.23. The van der Waals surface area contributed by atoms with Gasteiger partial charge in [-0.25, -0.2) is 0 Å². The zero-order valence-electron chi connectivity index (χ0n) is 17.3. The lowest BCUT2D eigenvalue weighted by Crippen LogP contribution is -2.27. The van der Waals surface area contributed by atoms with Crippen molar-refractivity contribution in [3.8, 4) is 0 Å². The number of aromatic amines is 1. The summed E-state index contributed by atoms with van der Waals surface area (Å²) >= 11 is 0. The first-order valence-electron chi connectivity index (χ1n) is 10.8. The molecule has 2 aliphatic rings. The van der Waals surface area contributed by atoms with E-state index in [0.29, 0.717) is 0 Å². The molecular formula is C25H28N4. The molecule has 2 aromatic heterocycles. The average Bonchev–Trinajstić information content (AvgIpc) is 3.23. The summed E-state index contributed by atoms with van der Waals surface area (Å²) in [4.78, 5) is 8.50. The van der Waals surface area contributed by atoms with Gasteiger partial charge in [-0.3, -0.25) is 0 Å². The Morgan fingerprint density at radius 3 is 2.55 bits per heavy atom. The summed E-state index contributed by atoms with van der Waals surface area (Å²) in [5.74, 6) is 0. The molecule has 148 valence electrons. The summed E-state index contributed by atoms with van der Waals surface area (Å²) in [7, 11) is 4.44. The number of aromatic nitrogens is 2. The zero-order valence-corrected chi connectivity index (χ0v) is 17.3. The van der Waals surface area contributed by atoms with E-state index in [4.69, 9.17) is 0 Å². The Hall–Kier alpha value is -2.56. The van der Waals surface area contributed by atoms with Gasteiger partial charge < -0.3 is 19.4 Å². The third-order valence-electron chi connectivity index (χ3n) is 6.93. The number of para-hydroxylation sites is 1. The molecule has 0 saturated carbocycles. The molecule has 4 heteroatoms. The van der Waals surface area contributed by atoms with Gasteiger partial charge in [-0.1, -0.05) is 24.3 Å². The fourth-order valence-corrected chi connectivity index (χ4v) is 5.41. The third-order valence-corrected chi connectivity index (χ3v) is 6.93. The summed E-state index contributed by atoms with van der Waals surface area (Å²) < 4.78 is 2.56. The van der Waals surface area contributed by atoms with Gasteiger partial charge in [0.15, 0.2) is 0 Å². The van der Waals surface area contributed by atoms with Gasteiger partial charge in [0, 0.05) is 65.9 Å². The van der Waals surface area contributed by atoms with Crippen LogP contribution in [0.1, 0.15) is 28.1 Å². The van der Waals surface area contributed by atoms with Crippen LogP contribution < -0.4 is 0 Å². The topological polar surface area (TPSA) is 27.2 Å². The van der Waals surface area contributed by atoms with E-state index in [2.05, 4.69) is 75.9 Å². The van der Waals surface area contributed by atoms with Gasteiger partial charge in [-0.15, -0.1) is 0 Å². The van der Waals surface area contributed by atoms with E-state index in [1.807, 2.05) is 0 Å². The number of likely N-dealkylation sites (N-methyl/N-ethyl adjacent to an activating group) is 2. The molecule has 0 atom stereocenters. The van der Waals surface area contributed by atoms with Crippen molar-refractivity contribution in [1.82, 2.24) is 19.4 Å². The van der Waals surface area contributed by atoms with Crippen molar-refractivity contribution in [1.29, 1.82) is 0 Å². The number of rotatable bonds is 2. The highest BCUT2D eigenvalue weighted by molar-refractivity contribution is 5.87. The molecular weight excluding hydrogens is 356 g/mol. The van der Waals surface area contributed by atoms with E-state index < -0.39 is 0 Å². The normalized spacial score (nSPS) is 17.7. The number of nitrogens with zero attached hydrogens (tertiary/aromatic N) is 3. The molecule has 0 bridgehead atoms. The first-order chi connectivity index (χ1) is 14.2. The van der Waals surface area contributed by atoms with E-state index in [9.17, 15) is 0 Å². The van der Waals surface area contributed by atoms with Crippen molar-refractivity contribution in [2.24, 2.45) is 0 Å². The van der Waals surface area contributed by atoms with Crippen LogP contribution in [-0.4, -0.2) is 46.5 Å². The predicted molar refractivity (Wildman–Crippen MR) is 119 cm³/mol. The maximum Gasteiger partial charge on any atom is 0.0488 e. The van der Waals surface area contributed by atoms with Crippen LogP contribution in [0.4, 0.5) is 0 Å². The highest BCUT2D eigenvalue weighted by atomic mass is 15.1. The number of H-pyrrole nitrogens is 1. The second-order valence-electron chi connectivity index (χ2n) is 8.97. The van der Waals surface area contributed by atoms with Crippen LogP contribution >= 0.6 is 0 Å². The van der Waals surface area contributed by atoms with Gasteiger partial charge in [0.2, 0.25) is 0 Å². The molecule has 2 aromatic carbocycles. The summed E-state index contributed by atoms with van der Waals surface area (Å²) in [5.41, 5.74) is 10.0. The standard InChI is InChI=1S/C25H28N4/c1-27-11-9-18-21-13-17(7-8-22(21)26-23(18)15-27)14-29-24-6-4-3-5-19(24)20-10-12-28(2)16-25(20)29/h3-8,13,26H,9-12,14-16H2,1-2H3. The quantitative estimate of drug-likeness (QED) is 0.562. The lowest BCUT2D eigenvalue weighted by molar-refractivity contribution is 0.304. The van der Waals surface area contributed by atoms with E-state index in [-0.39, 0.29) is 0 Å². The van der Waals surface area contributed by atoms with Gasteiger partial charge in [-0.05, 0) is 61.8 Å². The van der Waals surface area contributed by atoms with E-state index in [1.165, 1.54) is 44.3 Å². The lowest BCUT2D eigenvalue weighted by atomic mass is 10.0. The number of fused-ring (bicyclic) bond motifs is 6. The van der Waals surface area contributed by atoms with Gasteiger partial charge >= 0.3 is 0 Å². The minimum Gasteiger partial charge on any atom is -0.357 e. The van der Waals surface area contributed by atoms with Crippen molar-refractivity contribution >= 4 is 21.8 Å². The molecule has 4 heterocycles. The molecule has 0 unspecified atom stereocenters. The van der Waals surface area contributed by atoms with Crippen molar-refractivity contribution < 1.29 is 0 Å².